The first-order valence-corrected chi connectivity index (χ1v) is 7.93. The van der Waals surface area contributed by atoms with Crippen LogP contribution in [0.3, 0.4) is 0 Å². The molecule has 1 unspecified atom stereocenters. The van der Waals surface area contributed by atoms with E-state index in [0.717, 1.165) is 17.0 Å². The fraction of sp³-hybridized carbons (Fsp3) is 0.294. The molecule has 0 aromatic carbocycles. The Hall–Kier alpha value is -3.16. The lowest BCUT2D eigenvalue weighted by Gasteiger charge is -2.16. The molecule has 2 aliphatic rings. The molecule has 8 heteroatoms. The number of H-pyrrole nitrogens is 1. The van der Waals surface area contributed by atoms with Gasteiger partial charge in [0.2, 0.25) is 0 Å². The van der Waals surface area contributed by atoms with Crippen molar-refractivity contribution in [2.45, 2.75) is 20.8 Å². The molecule has 1 aromatic rings. The number of aryl methyl sites for hydroxylation is 1. The molecule has 0 aliphatic carbocycles. The summed E-state index contributed by atoms with van der Waals surface area (Å²) < 4.78 is 5.11. The summed E-state index contributed by atoms with van der Waals surface area (Å²) in [6, 6.07) is 0. The van der Waals surface area contributed by atoms with E-state index < -0.39 is 5.92 Å². The number of aromatic nitrogens is 1. The maximum absolute atomic E-state index is 12.1. The number of rotatable bonds is 4. The number of esters is 1. The molecule has 2 aliphatic heterocycles. The molecular formula is C17H19N5O3. The lowest BCUT2D eigenvalue weighted by Crippen LogP contribution is -2.32. The van der Waals surface area contributed by atoms with Gasteiger partial charge >= 0.3 is 5.97 Å². The van der Waals surface area contributed by atoms with Gasteiger partial charge in [-0.1, -0.05) is 0 Å². The summed E-state index contributed by atoms with van der Waals surface area (Å²) >= 11 is 0. The van der Waals surface area contributed by atoms with Crippen LogP contribution in [0.1, 0.15) is 34.2 Å². The van der Waals surface area contributed by atoms with Crippen LogP contribution in [0.15, 0.2) is 28.2 Å². The van der Waals surface area contributed by atoms with Crippen molar-refractivity contribution in [3.05, 3.63) is 40.6 Å². The molecule has 1 aromatic heterocycles. The number of hydrazone groups is 1. The smallest absolute Gasteiger partial charge is 0.340 e. The zero-order valence-corrected chi connectivity index (χ0v) is 14.2. The number of amides is 1. The van der Waals surface area contributed by atoms with E-state index in [1.807, 2.05) is 19.9 Å². The summed E-state index contributed by atoms with van der Waals surface area (Å²) in [6.45, 7) is 5.76. The van der Waals surface area contributed by atoms with Crippen LogP contribution < -0.4 is 10.7 Å². The number of aromatic amines is 1. The van der Waals surface area contributed by atoms with Gasteiger partial charge in [0.1, 0.15) is 5.92 Å². The normalized spacial score (nSPS) is 20.4. The maximum Gasteiger partial charge on any atom is 0.340 e. The van der Waals surface area contributed by atoms with Gasteiger partial charge in [0.25, 0.3) is 5.91 Å². The topological polar surface area (TPSA) is 108 Å². The molecule has 0 spiro atoms. The van der Waals surface area contributed by atoms with Gasteiger partial charge in [0.05, 0.1) is 23.6 Å². The zero-order valence-electron chi connectivity index (χ0n) is 14.2. The summed E-state index contributed by atoms with van der Waals surface area (Å²) in [6.07, 6.45) is 6.61. The number of hydrogen-bond acceptors (Lipinski definition) is 6. The summed E-state index contributed by atoms with van der Waals surface area (Å²) in [5, 5.41) is 6.89. The largest absolute Gasteiger partial charge is 0.462 e. The number of nitrogens with zero attached hydrogens (tertiary/aromatic N) is 2. The summed E-state index contributed by atoms with van der Waals surface area (Å²) in [7, 11) is 0. The highest BCUT2D eigenvalue weighted by Crippen LogP contribution is 2.23. The van der Waals surface area contributed by atoms with Gasteiger partial charge in [0, 0.05) is 30.0 Å². The van der Waals surface area contributed by atoms with E-state index in [2.05, 4.69) is 25.8 Å². The molecule has 3 heterocycles. The molecule has 1 amide bonds. The third kappa shape index (κ3) is 3.10. The molecule has 0 fully saturated rings. The minimum atomic E-state index is -0.551. The van der Waals surface area contributed by atoms with Crippen molar-refractivity contribution < 1.29 is 14.3 Å². The van der Waals surface area contributed by atoms with Gasteiger partial charge < -0.3 is 15.0 Å². The molecule has 0 saturated carbocycles. The standard InChI is InChI=1S/C17H19N5O3/c1-4-25-17(24)14-9(2)12(21-10(14)3)7-13-15(19-6-5-18-13)11-8-20-22-16(11)23/h5-8,11,18,21H,4H2,1-3H3,(H,22,23). The number of carbonyl (C=O) groups is 2. The van der Waals surface area contributed by atoms with Crippen molar-refractivity contribution >= 4 is 29.9 Å². The quantitative estimate of drug-likeness (QED) is 0.719. The Kier molecular flexibility index (Phi) is 4.51. The van der Waals surface area contributed by atoms with Gasteiger partial charge in [-0.15, -0.1) is 0 Å². The van der Waals surface area contributed by atoms with E-state index in [9.17, 15) is 9.59 Å². The number of ether oxygens (including phenoxy) is 1. The van der Waals surface area contributed by atoms with Crippen molar-refractivity contribution in [2.75, 3.05) is 6.61 Å². The van der Waals surface area contributed by atoms with Gasteiger partial charge in [-0.25, -0.2) is 10.2 Å². The molecule has 1 atom stereocenters. The second-order valence-corrected chi connectivity index (χ2v) is 5.65. The lowest BCUT2D eigenvalue weighted by atomic mass is 9.99. The molecular weight excluding hydrogens is 322 g/mol. The third-order valence-corrected chi connectivity index (χ3v) is 4.02. The van der Waals surface area contributed by atoms with E-state index in [4.69, 9.17) is 4.74 Å². The Bertz CT molecular complexity index is 845. The predicted octanol–water partition coefficient (Wildman–Crippen LogP) is 1.40. The summed E-state index contributed by atoms with van der Waals surface area (Å²) in [5.74, 6) is -1.14. The number of hydrogen-bond donors (Lipinski definition) is 3. The second kappa shape index (κ2) is 6.76. The van der Waals surface area contributed by atoms with Crippen LogP contribution in [0.4, 0.5) is 0 Å². The van der Waals surface area contributed by atoms with Gasteiger partial charge in [0.15, 0.2) is 0 Å². The van der Waals surface area contributed by atoms with Crippen molar-refractivity contribution in [2.24, 2.45) is 16.0 Å². The molecule has 130 valence electrons. The number of aliphatic imine (C=N–C) groups is 1. The average Bonchev–Trinajstić information content (AvgIpc) is 3.12. The van der Waals surface area contributed by atoms with Crippen LogP contribution in [0.25, 0.3) is 6.08 Å². The van der Waals surface area contributed by atoms with Crippen molar-refractivity contribution in [3.8, 4) is 0 Å². The molecule has 8 nitrogen and oxygen atoms in total. The van der Waals surface area contributed by atoms with Crippen molar-refractivity contribution in [1.82, 2.24) is 15.7 Å². The van der Waals surface area contributed by atoms with Crippen LogP contribution in [0.5, 0.6) is 0 Å². The van der Waals surface area contributed by atoms with E-state index in [1.165, 1.54) is 6.21 Å². The number of carbonyl (C=O) groups excluding carboxylic acids is 2. The van der Waals surface area contributed by atoms with Crippen LogP contribution >= 0.6 is 0 Å². The first-order valence-electron chi connectivity index (χ1n) is 7.93. The van der Waals surface area contributed by atoms with Gasteiger partial charge in [-0.05, 0) is 32.4 Å². The van der Waals surface area contributed by atoms with Gasteiger partial charge in [-0.2, -0.15) is 5.10 Å². The highest BCUT2D eigenvalue weighted by Gasteiger charge is 2.30. The highest BCUT2D eigenvalue weighted by atomic mass is 16.5. The second-order valence-electron chi connectivity index (χ2n) is 5.65. The summed E-state index contributed by atoms with van der Waals surface area (Å²) in [5.41, 5.74) is 6.42. The van der Waals surface area contributed by atoms with E-state index in [0.29, 0.717) is 23.6 Å². The first-order chi connectivity index (χ1) is 12.0. The lowest BCUT2D eigenvalue weighted by molar-refractivity contribution is -0.120. The van der Waals surface area contributed by atoms with Crippen molar-refractivity contribution in [1.29, 1.82) is 0 Å². The Labute approximate surface area is 144 Å². The van der Waals surface area contributed by atoms with Crippen LogP contribution in [0, 0.1) is 19.8 Å². The predicted molar refractivity (Wildman–Crippen MR) is 94.0 cm³/mol. The SMILES string of the molecule is CCOC(=O)c1c(C)[nH]c(C=C2NC=CN=C2C2C=NNC2=O)c1C. The highest BCUT2D eigenvalue weighted by molar-refractivity contribution is 6.24. The Morgan fingerprint density at radius 2 is 2.20 bits per heavy atom. The molecule has 25 heavy (non-hydrogen) atoms. The molecule has 3 N–H and O–H groups in total. The average molecular weight is 341 g/mol. The number of allylic oxidation sites excluding steroid dienone is 1. The fourth-order valence-electron chi connectivity index (χ4n) is 2.83. The van der Waals surface area contributed by atoms with Crippen LogP contribution in [0.2, 0.25) is 0 Å². The van der Waals surface area contributed by atoms with E-state index >= 15 is 0 Å². The van der Waals surface area contributed by atoms with E-state index in [1.54, 1.807) is 19.3 Å². The minimum Gasteiger partial charge on any atom is -0.462 e. The molecule has 0 saturated heterocycles. The van der Waals surface area contributed by atoms with Crippen LogP contribution in [-0.4, -0.2) is 35.4 Å². The summed E-state index contributed by atoms with van der Waals surface area (Å²) in [4.78, 5) is 31.5. The monoisotopic (exact) mass is 341 g/mol. The van der Waals surface area contributed by atoms with E-state index in [-0.39, 0.29) is 11.9 Å². The van der Waals surface area contributed by atoms with Crippen molar-refractivity contribution in [3.63, 3.8) is 0 Å². The number of nitrogens with one attached hydrogen (secondary N) is 3. The Morgan fingerprint density at radius 3 is 2.88 bits per heavy atom. The van der Waals surface area contributed by atoms with Crippen LogP contribution in [-0.2, 0) is 9.53 Å². The molecule has 0 radical (unpaired) electrons. The molecule has 3 rings (SSSR count). The Morgan fingerprint density at radius 1 is 1.40 bits per heavy atom. The first kappa shape index (κ1) is 16.7. The molecule has 0 bridgehead atoms. The zero-order chi connectivity index (χ0) is 18.0. The van der Waals surface area contributed by atoms with Gasteiger partial charge in [-0.3, -0.25) is 9.79 Å². The third-order valence-electron chi connectivity index (χ3n) is 4.02. The maximum atomic E-state index is 12.1. The fourth-order valence-corrected chi connectivity index (χ4v) is 2.83. The minimum absolute atomic E-state index is 0.228. The Balaban J connectivity index is 1.97.